The molecule has 2 rings (SSSR count). The molecule has 0 bridgehead atoms. The number of halogens is 2. The van der Waals surface area contributed by atoms with Crippen molar-refractivity contribution in [3.63, 3.8) is 0 Å². The second-order valence-corrected chi connectivity index (χ2v) is 6.18. The first kappa shape index (κ1) is 14.0. The van der Waals surface area contributed by atoms with Gasteiger partial charge in [-0.2, -0.15) is 0 Å². The minimum atomic E-state index is -0.540. The van der Waals surface area contributed by atoms with Crippen molar-refractivity contribution in [1.29, 1.82) is 0 Å². The van der Waals surface area contributed by atoms with Gasteiger partial charge in [-0.3, -0.25) is 0 Å². The molecule has 0 aromatic heterocycles. The second kappa shape index (κ2) is 6.16. The average Bonchev–Trinajstić information content (AvgIpc) is 2.36. The predicted octanol–water partition coefficient (Wildman–Crippen LogP) is 4.84. The average molecular weight is 315 g/mol. The zero-order valence-electron chi connectivity index (χ0n) is 10.7. The van der Waals surface area contributed by atoms with Crippen molar-refractivity contribution in [3.05, 3.63) is 34.1 Å². The van der Waals surface area contributed by atoms with Gasteiger partial charge in [0.1, 0.15) is 5.82 Å². The van der Waals surface area contributed by atoms with Crippen LogP contribution >= 0.6 is 15.9 Å². The summed E-state index contributed by atoms with van der Waals surface area (Å²) in [6.45, 7) is 2.18. The van der Waals surface area contributed by atoms with Gasteiger partial charge in [0.2, 0.25) is 0 Å². The number of aliphatic hydroxyl groups is 1. The highest BCUT2D eigenvalue weighted by Crippen LogP contribution is 2.40. The zero-order chi connectivity index (χ0) is 13.1. The minimum Gasteiger partial charge on any atom is -0.388 e. The first-order chi connectivity index (χ1) is 8.61. The molecule has 1 aliphatic carbocycles. The van der Waals surface area contributed by atoms with Gasteiger partial charge < -0.3 is 5.11 Å². The fourth-order valence-electron chi connectivity index (χ4n) is 3.15. The number of benzene rings is 1. The van der Waals surface area contributed by atoms with Gasteiger partial charge in [-0.15, -0.1) is 0 Å². The third kappa shape index (κ3) is 3.12. The number of rotatable bonds is 3. The lowest BCUT2D eigenvalue weighted by molar-refractivity contribution is 0.0449. The van der Waals surface area contributed by atoms with Crippen LogP contribution in [0.4, 0.5) is 4.39 Å². The van der Waals surface area contributed by atoms with Crippen LogP contribution in [-0.4, -0.2) is 5.11 Å². The van der Waals surface area contributed by atoms with E-state index in [1.54, 1.807) is 0 Å². The van der Waals surface area contributed by atoms with Gasteiger partial charge in [0.25, 0.3) is 0 Å². The Labute approximate surface area is 117 Å². The fourth-order valence-corrected chi connectivity index (χ4v) is 3.64. The van der Waals surface area contributed by atoms with Crippen molar-refractivity contribution in [2.24, 2.45) is 11.8 Å². The van der Waals surface area contributed by atoms with Crippen LogP contribution < -0.4 is 0 Å². The Morgan fingerprint density at radius 1 is 1.33 bits per heavy atom. The maximum Gasteiger partial charge on any atom is 0.124 e. The number of aliphatic hydroxyl groups excluding tert-OH is 1. The van der Waals surface area contributed by atoms with Crippen LogP contribution in [0.5, 0.6) is 0 Å². The first-order valence-corrected chi connectivity index (χ1v) is 7.55. The van der Waals surface area contributed by atoms with E-state index >= 15 is 0 Å². The van der Waals surface area contributed by atoms with Crippen LogP contribution in [-0.2, 0) is 0 Å². The van der Waals surface area contributed by atoms with E-state index in [1.807, 2.05) is 6.07 Å². The monoisotopic (exact) mass is 314 g/mol. The summed E-state index contributed by atoms with van der Waals surface area (Å²) in [6.07, 6.45) is 5.23. The molecule has 1 nitrogen and oxygen atoms in total. The fraction of sp³-hybridized carbons (Fsp3) is 0.600. The molecule has 1 aromatic rings. The molecule has 1 aromatic carbocycles. The summed E-state index contributed by atoms with van der Waals surface area (Å²) in [7, 11) is 0. The predicted molar refractivity (Wildman–Crippen MR) is 74.8 cm³/mol. The van der Waals surface area contributed by atoms with Crippen LogP contribution in [0.3, 0.4) is 0 Å². The third-order valence-corrected chi connectivity index (χ3v) is 4.58. The molecule has 1 fully saturated rings. The van der Waals surface area contributed by atoms with Gasteiger partial charge in [-0.25, -0.2) is 4.39 Å². The molecule has 1 saturated carbocycles. The molecule has 100 valence electrons. The van der Waals surface area contributed by atoms with E-state index in [4.69, 9.17) is 0 Å². The summed E-state index contributed by atoms with van der Waals surface area (Å²) in [5, 5.41) is 10.5. The molecule has 0 aliphatic heterocycles. The van der Waals surface area contributed by atoms with Gasteiger partial charge >= 0.3 is 0 Å². The lowest BCUT2D eigenvalue weighted by Gasteiger charge is -2.34. The van der Waals surface area contributed by atoms with Crippen LogP contribution in [0.25, 0.3) is 0 Å². The molecule has 0 amide bonds. The van der Waals surface area contributed by atoms with E-state index in [0.717, 1.165) is 12.8 Å². The normalized spacial score (nSPS) is 26.0. The van der Waals surface area contributed by atoms with Crippen molar-refractivity contribution in [1.82, 2.24) is 0 Å². The SMILES string of the molecule is CCC1CCCCC1C(O)c1cc(F)cc(Br)c1. The van der Waals surface area contributed by atoms with Crippen molar-refractivity contribution < 1.29 is 9.50 Å². The quantitative estimate of drug-likeness (QED) is 0.846. The molecular weight excluding hydrogens is 295 g/mol. The van der Waals surface area contributed by atoms with Crippen molar-refractivity contribution in [2.45, 2.75) is 45.1 Å². The molecule has 18 heavy (non-hydrogen) atoms. The summed E-state index contributed by atoms with van der Waals surface area (Å²) < 4.78 is 14.1. The molecule has 0 heterocycles. The van der Waals surface area contributed by atoms with E-state index in [0.29, 0.717) is 16.0 Å². The summed E-state index contributed by atoms with van der Waals surface area (Å²) in [6, 6.07) is 4.71. The largest absolute Gasteiger partial charge is 0.388 e. The van der Waals surface area contributed by atoms with Gasteiger partial charge in [0, 0.05) is 4.47 Å². The molecule has 0 radical (unpaired) electrons. The molecule has 3 atom stereocenters. The number of hydrogen-bond donors (Lipinski definition) is 1. The van der Waals surface area contributed by atoms with E-state index in [1.165, 1.54) is 31.4 Å². The Morgan fingerprint density at radius 3 is 2.72 bits per heavy atom. The van der Waals surface area contributed by atoms with Crippen LogP contribution in [0.1, 0.15) is 50.7 Å². The lowest BCUT2D eigenvalue weighted by Crippen LogP contribution is -2.25. The summed E-state index contributed by atoms with van der Waals surface area (Å²) in [4.78, 5) is 0. The summed E-state index contributed by atoms with van der Waals surface area (Å²) in [5.41, 5.74) is 0.701. The molecule has 0 spiro atoms. The van der Waals surface area contributed by atoms with Crippen molar-refractivity contribution >= 4 is 15.9 Å². The second-order valence-electron chi connectivity index (χ2n) is 5.26. The van der Waals surface area contributed by atoms with Gasteiger partial charge in [0.15, 0.2) is 0 Å². The molecule has 0 saturated heterocycles. The molecule has 3 heteroatoms. The molecular formula is C15H20BrFO. The zero-order valence-corrected chi connectivity index (χ0v) is 12.3. The van der Waals surface area contributed by atoms with Crippen molar-refractivity contribution in [3.8, 4) is 0 Å². The minimum absolute atomic E-state index is 0.275. The highest BCUT2D eigenvalue weighted by Gasteiger charge is 2.30. The summed E-state index contributed by atoms with van der Waals surface area (Å²) >= 11 is 3.29. The first-order valence-electron chi connectivity index (χ1n) is 6.76. The van der Waals surface area contributed by atoms with Crippen LogP contribution in [0.15, 0.2) is 22.7 Å². The van der Waals surface area contributed by atoms with Gasteiger partial charge in [-0.1, -0.05) is 48.5 Å². The Kier molecular flexibility index (Phi) is 4.79. The molecule has 1 aliphatic rings. The highest BCUT2D eigenvalue weighted by atomic mass is 79.9. The smallest absolute Gasteiger partial charge is 0.124 e. The highest BCUT2D eigenvalue weighted by molar-refractivity contribution is 9.10. The van der Waals surface area contributed by atoms with Gasteiger partial charge in [-0.05, 0) is 42.0 Å². The van der Waals surface area contributed by atoms with Crippen LogP contribution in [0.2, 0.25) is 0 Å². The van der Waals surface area contributed by atoms with Crippen LogP contribution in [0, 0.1) is 17.7 Å². The Hall–Kier alpha value is -0.410. The lowest BCUT2D eigenvalue weighted by atomic mass is 9.73. The maximum absolute atomic E-state index is 13.4. The van der Waals surface area contributed by atoms with E-state index < -0.39 is 6.10 Å². The topological polar surface area (TPSA) is 20.2 Å². The van der Waals surface area contributed by atoms with E-state index in [-0.39, 0.29) is 11.7 Å². The Bertz CT molecular complexity index is 387. The van der Waals surface area contributed by atoms with Gasteiger partial charge in [0.05, 0.1) is 6.10 Å². The standard InChI is InChI=1S/C15H20BrFO/c1-2-10-5-3-4-6-14(10)15(18)11-7-12(16)9-13(17)8-11/h7-10,14-15,18H,2-6H2,1H3. The van der Waals surface area contributed by atoms with Crippen molar-refractivity contribution in [2.75, 3.05) is 0 Å². The number of hydrogen-bond acceptors (Lipinski definition) is 1. The van der Waals surface area contributed by atoms with E-state index in [2.05, 4.69) is 22.9 Å². The molecule has 3 unspecified atom stereocenters. The Balaban J connectivity index is 2.20. The Morgan fingerprint density at radius 2 is 2.06 bits per heavy atom. The summed E-state index contributed by atoms with van der Waals surface area (Å²) in [5.74, 6) is 0.551. The maximum atomic E-state index is 13.4. The molecule has 1 N–H and O–H groups in total. The third-order valence-electron chi connectivity index (χ3n) is 4.12. The van der Waals surface area contributed by atoms with E-state index in [9.17, 15) is 9.50 Å².